The first-order valence-corrected chi connectivity index (χ1v) is 4.94. The van der Waals surface area contributed by atoms with Gasteiger partial charge >= 0.3 is 0 Å². The van der Waals surface area contributed by atoms with E-state index < -0.39 is 0 Å². The molecule has 0 unspecified atom stereocenters. The zero-order valence-electron chi connectivity index (χ0n) is 8.43. The first kappa shape index (κ1) is 9.80. The number of nitrogens with zero attached hydrogens (tertiary/aromatic N) is 2. The van der Waals surface area contributed by atoms with Gasteiger partial charge in [0.25, 0.3) is 0 Å². The fraction of sp³-hybridized carbons (Fsp3) is 0.167. The van der Waals surface area contributed by atoms with Crippen molar-refractivity contribution < 1.29 is 0 Å². The van der Waals surface area contributed by atoms with Gasteiger partial charge in [0.15, 0.2) is 0 Å². The summed E-state index contributed by atoms with van der Waals surface area (Å²) in [6.45, 7) is 0.688. The molecular weight excluding hydrogens is 186 g/mol. The first-order valence-electron chi connectivity index (χ1n) is 4.94. The van der Waals surface area contributed by atoms with Crippen LogP contribution in [0.15, 0.2) is 43.0 Å². The molecular formula is C12H13N3. The lowest BCUT2D eigenvalue weighted by Gasteiger charge is -2.02. The van der Waals surface area contributed by atoms with Crippen molar-refractivity contribution in [3.05, 3.63) is 48.5 Å². The molecule has 1 aromatic carbocycles. The maximum atomic E-state index is 5.49. The Bertz CT molecular complexity index is 409. The normalized spacial score (nSPS) is 10.2. The molecule has 2 rings (SSSR count). The van der Waals surface area contributed by atoms with Gasteiger partial charge in [0, 0.05) is 18.0 Å². The van der Waals surface area contributed by atoms with Crippen LogP contribution in [-0.2, 0) is 6.42 Å². The van der Waals surface area contributed by atoms with Gasteiger partial charge in [-0.15, -0.1) is 0 Å². The lowest BCUT2D eigenvalue weighted by Crippen LogP contribution is -2.02. The zero-order valence-corrected chi connectivity index (χ0v) is 8.43. The maximum absolute atomic E-state index is 5.49. The van der Waals surface area contributed by atoms with Crippen LogP contribution in [0.1, 0.15) is 5.56 Å². The quantitative estimate of drug-likeness (QED) is 0.817. The number of nitrogens with two attached hydrogens (primary N) is 1. The molecule has 15 heavy (non-hydrogen) atoms. The molecule has 1 heterocycles. The number of aromatic nitrogens is 2. The molecule has 76 valence electrons. The van der Waals surface area contributed by atoms with Gasteiger partial charge in [-0.05, 0) is 24.1 Å². The molecule has 1 aromatic heterocycles. The third-order valence-electron chi connectivity index (χ3n) is 2.28. The summed E-state index contributed by atoms with van der Waals surface area (Å²) in [5.41, 5.74) is 8.93. The van der Waals surface area contributed by atoms with Gasteiger partial charge in [0.05, 0.1) is 0 Å². The van der Waals surface area contributed by atoms with E-state index in [0.29, 0.717) is 6.54 Å². The van der Waals surface area contributed by atoms with E-state index >= 15 is 0 Å². The molecule has 3 nitrogen and oxygen atoms in total. The summed E-state index contributed by atoms with van der Waals surface area (Å²) in [6, 6.07) is 8.33. The van der Waals surface area contributed by atoms with E-state index in [9.17, 15) is 0 Å². The number of rotatable bonds is 3. The summed E-state index contributed by atoms with van der Waals surface area (Å²) in [5, 5.41) is 0. The van der Waals surface area contributed by atoms with Crippen molar-refractivity contribution in [3.8, 4) is 11.1 Å². The Morgan fingerprint density at radius 1 is 0.933 bits per heavy atom. The molecule has 0 aliphatic heterocycles. The Balaban J connectivity index is 2.24. The van der Waals surface area contributed by atoms with E-state index in [4.69, 9.17) is 5.73 Å². The highest BCUT2D eigenvalue weighted by molar-refractivity contribution is 5.61. The predicted octanol–water partition coefficient (Wildman–Crippen LogP) is 1.64. The summed E-state index contributed by atoms with van der Waals surface area (Å²) in [5.74, 6) is 0. The summed E-state index contributed by atoms with van der Waals surface area (Å²) in [4.78, 5) is 7.98. The molecule has 0 aliphatic carbocycles. The highest BCUT2D eigenvalue weighted by Crippen LogP contribution is 2.17. The zero-order chi connectivity index (χ0) is 10.5. The monoisotopic (exact) mass is 199 g/mol. The topological polar surface area (TPSA) is 51.8 Å². The molecule has 0 bridgehead atoms. The Labute approximate surface area is 89.0 Å². The van der Waals surface area contributed by atoms with Crippen LogP contribution in [0.5, 0.6) is 0 Å². The Morgan fingerprint density at radius 2 is 1.60 bits per heavy atom. The van der Waals surface area contributed by atoms with Crippen LogP contribution in [0.25, 0.3) is 11.1 Å². The Kier molecular flexibility index (Phi) is 3.05. The summed E-state index contributed by atoms with van der Waals surface area (Å²) >= 11 is 0. The highest BCUT2D eigenvalue weighted by Gasteiger charge is 1.97. The molecule has 0 saturated carbocycles. The average Bonchev–Trinajstić information content (AvgIpc) is 2.32. The minimum absolute atomic E-state index is 0.688. The summed E-state index contributed by atoms with van der Waals surface area (Å²) < 4.78 is 0. The molecule has 2 aromatic rings. The standard InChI is InChI=1S/C12H13N3/c13-6-5-10-1-3-11(4-2-10)12-7-14-9-15-8-12/h1-4,7-9H,5-6,13H2. The van der Waals surface area contributed by atoms with E-state index in [0.717, 1.165) is 17.5 Å². The van der Waals surface area contributed by atoms with Crippen LogP contribution in [-0.4, -0.2) is 16.5 Å². The van der Waals surface area contributed by atoms with Gasteiger partial charge in [-0.3, -0.25) is 0 Å². The summed E-state index contributed by atoms with van der Waals surface area (Å²) in [7, 11) is 0. The molecule has 0 spiro atoms. The van der Waals surface area contributed by atoms with Crippen LogP contribution in [0, 0.1) is 0 Å². The van der Waals surface area contributed by atoms with E-state index in [-0.39, 0.29) is 0 Å². The third kappa shape index (κ3) is 2.39. The van der Waals surface area contributed by atoms with Crippen molar-refractivity contribution in [2.24, 2.45) is 5.73 Å². The molecule has 0 aliphatic rings. The SMILES string of the molecule is NCCc1ccc(-c2cncnc2)cc1. The first-order chi connectivity index (χ1) is 7.40. The van der Waals surface area contributed by atoms with Crippen molar-refractivity contribution in [2.75, 3.05) is 6.54 Å². The smallest absolute Gasteiger partial charge is 0.115 e. The lowest BCUT2D eigenvalue weighted by atomic mass is 10.1. The van der Waals surface area contributed by atoms with E-state index in [1.807, 2.05) is 12.4 Å². The van der Waals surface area contributed by atoms with Crippen molar-refractivity contribution in [1.82, 2.24) is 9.97 Å². The lowest BCUT2D eigenvalue weighted by molar-refractivity contribution is 0.969. The highest BCUT2D eigenvalue weighted by atomic mass is 14.8. The van der Waals surface area contributed by atoms with Gasteiger partial charge in [0.2, 0.25) is 0 Å². The molecule has 0 atom stereocenters. The second-order valence-corrected chi connectivity index (χ2v) is 3.36. The Hall–Kier alpha value is -1.74. The molecule has 0 fully saturated rings. The number of hydrogen-bond acceptors (Lipinski definition) is 3. The van der Waals surface area contributed by atoms with E-state index in [2.05, 4.69) is 34.2 Å². The predicted molar refractivity (Wildman–Crippen MR) is 60.2 cm³/mol. The van der Waals surface area contributed by atoms with Crippen LogP contribution >= 0.6 is 0 Å². The van der Waals surface area contributed by atoms with E-state index in [1.165, 1.54) is 11.9 Å². The second-order valence-electron chi connectivity index (χ2n) is 3.36. The van der Waals surface area contributed by atoms with Crippen LogP contribution < -0.4 is 5.73 Å². The van der Waals surface area contributed by atoms with Crippen molar-refractivity contribution >= 4 is 0 Å². The van der Waals surface area contributed by atoms with Crippen LogP contribution in [0.3, 0.4) is 0 Å². The largest absolute Gasteiger partial charge is 0.330 e. The number of benzene rings is 1. The molecule has 2 N–H and O–H groups in total. The van der Waals surface area contributed by atoms with Crippen molar-refractivity contribution in [1.29, 1.82) is 0 Å². The molecule has 0 radical (unpaired) electrons. The molecule has 0 amide bonds. The Morgan fingerprint density at radius 3 is 2.20 bits per heavy atom. The fourth-order valence-corrected chi connectivity index (χ4v) is 1.48. The van der Waals surface area contributed by atoms with Gasteiger partial charge in [-0.2, -0.15) is 0 Å². The minimum Gasteiger partial charge on any atom is -0.330 e. The van der Waals surface area contributed by atoms with Gasteiger partial charge < -0.3 is 5.73 Å². The van der Waals surface area contributed by atoms with Crippen LogP contribution in [0.2, 0.25) is 0 Å². The minimum atomic E-state index is 0.688. The third-order valence-corrected chi connectivity index (χ3v) is 2.28. The molecule has 3 heteroatoms. The average molecular weight is 199 g/mol. The fourth-order valence-electron chi connectivity index (χ4n) is 1.48. The van der Waals surface area contributed by atoms with Crippen LogP contribution in [0.4, 0.5) is 0 Å². The van der Waals surface area contributed by atoms with Gasteiger partial charge in [-0.25, -0.2) is 9.97 Å². The van der Waals surface area contributed by atoms with E-state index in [1.54, 1.807) is 0 Å². The molecule has 0 saturated heterocycles. The van der Waals surface area contributed by atoms with Gasteiger partial charge in [-0.1, -0.05) is 24.3 Å². The number of hydrogen-bond donors (Lipinski definition) is 1. The van der Waals surface area contributed by atoms with Crippen molar-refractivity contribution in [3.63, 3.8) is 0 Å². The second kappa shape index (κ2) is 4.66. The van der Waals surface area contributed by atoms with Gasteiger partial charge in [0.1, 0.15) is 6.33 Å². The summed E-state index contributed by atoms with van der Waals surface area (Å²) in [6.07, 6.45) is 6.08. The van der Waals surface area contributed by atoms with Crippen molar-refractivity contribution in [2.45, 2.75) is 6.42 Å². The maximum Gasteiger partial charge on any atom is 0.115 e.